The summed E-state index contributed by atoms with van der Waals surface area (Å²) in [5.41, 5.74) is 8.76. The van der Waals surface area contributed by atoms with Gasteiger partial charge in [0, 0.05) is 23.5 Å². The SMILES string of the molecule is Cc1cc(SCc2cc(Cl)ccc2N)n(C)n1. The van der Waals surface area contributed by atoms with Crippen molar-refractivity contribution < 1.29 is 0 Å². The largest absolute Gasteiger partial charge is 0.398 e. The first-order valence-electron chi connectivity index (χ1n) is 5.23. The van der Waals surface area contributed by atoms with Gasteiger partial charge in [-0.05, 0) is 36.8 Å². The molecule has 0 aliphatic carbocycles. The fourth-order valence-corrected chi connectivity index (χ4v) is 2.80. The lowest BCUT2D eigenvalue weighted by Gasteiger charge is -2.06. The van der Waals surface area contributed by atoms with Gasteiger partial charge in [-0.3, -0.25) is 4.68 Å². The van der Waals surface area contributed by atoms with Crippen LogP contribution in [0.25, 0.3) is 0 Å². The van der Waals surface area contributed by atoms with E-state index in [1.165, 1.54) is 0 Å². The van der Waals surface area contributed by atoms with Crippen molar-refractivity contribution in [3.05, 3.63) is 40.5 Å². The predicted octanol–water partition coefficient (Wildman–Crippen LogP) is 3.26. The molecule has 0 bridgehead atoms. The van der Waals surface area contributed by atoms with Gasteiger partial charge in [0.05, 0.1) is 10.7 Å². The smallest absolute Gasteiger partial charge is 0.0942 e. The number of nitrogen functional groups attached to an aromatic ring is 1. The summed E-state index contributed by atoms with van der Waals surface area (Å²) in [5.74, 6) is 0.797. The second-order valence-corrected chi connectivity index (χ2v) is 5.31. The summed E-state index contributed by atoms with van der Waals surface area (Å²) in [4.78, 5) is 0. The number of anilines is 1. The first-order chi connectivity index (χ1) is 8.06. The van der Waals surface area contributed by atoms with Gasteiger partial charge in [0.15, 0.2) is 0 Å². The van der Waals surface area contributed by atoms with Crippen molar-refractivity contribution in [2.24, 2.45) is 7.05 Å². The molecule has 2 rings (SSSR count). The summed E-state index contributed by atoms with van der Waals surface area (Å²) in [6.07, 6.45) is 0. The number of halogens is 1. The average molecular weight is 268 g/mol. The van der Waals surface area contributed by atoms with Gasteiger partial charge in [-0.2, -0.15) is 5.10 Å². The second kappa shape index (κ2) is 5.02. The van der Waals surface area contributed by atoms with Gasteiger partial charge in [0.1, 0.15) is 0 Å². The molecule has 0 atom stereocenters. The van der Waals surface area contributed by atoms with E-state index in [0.717, 1.165) is 32.7 Å². The van der Waals surface area contributed by atoms with E-state index in [1.807, 2.05) is 30.8 Å². The number of benzene rings is 1. The van der Waals surface area contributed by atoms with Gasteiger partial charge >= 0.3 is 0 Å². The molecule has 1 heterocycles. The zero-order valence-electron chi connectivity index (χ0n) is 9.77. The predicted molar refractivity (Wildman–Crippen MR) is 73.4 cm³/mol. The van der Waals surface area contributed by atoms with Gasteiger partial charge in [-0.25, -0.2) is 0 Å². The van der Waals surface area contributed by atoms with Crippen LogP contribution in [-0.2, 0) is 12.8 Å². The van der Waals surface area contributed by atoms with Crippen molar-refractivity contribution in [3.63, 3.8) is 0 Å². The molecule has 2 N–H and O–H groups in total. The Kier molecular flexibility index (Phi) is 3.64. The lowest BCUT2D eigenvalue weighted by Crippen LogP contribution is -1.95. The quantitative estimate of drug-likeness (QED) is 0.686. The summed E-state index contributed by atoms with van der Waals surface area (Å²) in [6.45, 7) is 1.98. The normalized spacial score (nSPS) is 10.8. The van der Waals surface area contributed by atoms with Crippen LogP contribution < -0.4 is 5.73 Å². The molecular formula is C12H14ClN3S. The van der Waals surface area contributed by atoms with Gasteiger partial charge < -0.3 is 5.73 Å². The standard InChI is InChI=1S/C12H14ClN3S/c1-8-5-12(16(2)15-8)17-7-9-6-10(13)3-4-11(9)14/h3-6H,7,14H2,1-2H3. The number of nitrogens with zero attached hydrogens (tertiary/aromatic N) is 2. The van der Waals surface area contributed by atoms with Gasteiger partial charge in [-0.15, -0.1) is 11.8 Å². The Morgan fingerprint density at radius 2 is 2.18 bits per heavy atom. The van der Waals surface area contributed by atoms with Gasteiger partial charge in [-0.1, -0.05) is 11.6 Å². The van der Waals surface area contributed by atoms with Crippen LogP contribution in [0.1, 0.15) is 11.3 Å². The topological polar surface area (TPSA) is 43.8 Å². The van der Waals surface area contributed by atoms with Crippen molar-refractivity contribution in [2.75, 3.05) is 5.73 Å². The van der Waals surface area contributed by atoms with E-state index in [2.05, 4.69) is 11.2 Å². The molecule has 0 saturated carbocycles. The maximum atomic E-state index is 5.95. The van der Waals surface area contributed by atoms with E-state index in [1.54, 1.807) is 17.8 Å². The van der Waals surface area contributed by atoms with E-state index in [9.17, 15) is 0 Å². The zero-order valence-corrected chi connectivity index (χ0v) is 11.3. The van der Waals surface area contributed by atoms with Crippen LogP contribution in [0.2, 0.25) is 5.02 Å². The Morgan fingerprint density at radius 3 is 2.82 bits per heavy atom. The molecule has 0 unspecified atom stereocenters. The van der Waals surface area contributed by atoms with Crippen LogP contribution in [0.5, 0.6) is 0 Å². The number of nitrogens with two attached hydrogens (primary N) is 1. The molecule has 0 radical (unpaired) electrons. The van der Waals surface area contributed by atoms with Crippen LogP contribution in [0.15, 0.2) is 29.3 Å². The van der Waals surface area contributed by atoms with E-state index in [-0.39, 0.29) is 0 Å². The fraction of sp³-hybridized carbons (Fsp3) is 0.250. The minimum absolute atomic E-state index is 0.719. The highest BCUT2D eigenvalue weighted by atomic mass is 35.5. The second-order valence-electron chi connectivity index (χ2n) is 3.88. The highest BCUT2D eigenvalue weighted by Crippen LogP contribution is 2.27. The number of hydrogen-bond donors (Lipinski definition) is 1. The lowest BCUT2D eigenvalue weighted by molar-refractivity contribution is 0.692. The van der Waals surface area contributed by atoms with Crippen molar-refractivity contribution in [3.8, 4) is 0 Å². The first kappa shape index (κ1) is 12.3. The average Bonchev–Trinajstić information content (AvgIpc) is 2.59. The number of hydrogen-bond acceptors (Lipinski definition) is 3. The summed E-state index contributed by atoms with van der Waals surface area (Å²) >= 11 is 7.66. The number of thioether (sulfide) groups is 1. The van der Waals surface area contributed by atoms with Crippen molar-refractivity contribution in [1.82, 2.24) is 9.78 Å². The van der Waals surface area contributed by atoms with E-state index in [4.69, 9.17) is 17.3 Å². The van der Waals surface area contributed by atoms with Crippen molar-refractivity contribution >= 4 is 29.1 Å². The molecule has 0 fully saturated rings. The van der Waals surface area contributed by atoms with Crippen molar-refractivity contribution in [1.29, 1.82) is 0 Å². The first-order valence-corrected chi connectivity index (χ1v) is 6.60. The molecule has 0 amide bonds. The molecule has 1 aromatic carbocycles. The van der Waals surface area contributed by atoms with Crippen LogP contribution in [-0.4, -0.2) is 9.78 Å². The number of rotatable bonds is 3. The molecule has 90 valence electrons. The molecule has 2 aromatic rings. The van der Waals surface area contributed by atoms with Gasteiger partial charge in [0.25, 0.3) is 0 Å². The minimum Gasteiger partial charge on any atom is -0.398 e. The zero-order chi connectivity index (χ0) is 12.4. The fourth-order valence-electron chi connectivity index (χ4n) is 1.57. The Morgan fingerprint density at radius 1 is 1.41 bits per heavy atom. The van der Waals surface area contributed by atoms with Gasteiger partial charge in [0.2, 0.25) is 0 Å². The molecule has 0 spiro atoms. The summed E-state index contributed by atoms with van der Waals surface area (Å²) in [5, 5.41) is 6.15. The summed E-state index contributed by atoms with van der Waals surface area (Å²) < 4.78 is 1.88. The summed E-state index contributed by atoms with van der Waals surface area (Å²) in [7, 11) is 1.94. The molecule has 0 aliphatic rings. The van der Waals surface area contributed by atoms with Crippen LogP contribution in [0.3, 0.4) is 0 Å². The van der Waals surface area contributed by atoms with Crippen molar-refractivity contribution in [2.45, 2.75) is 17.7 Å². The Balaban J connectivity index is 2.12. The monoisotopic (exact) mass is 267 g/mol. The number of aromatic nitrogens is 2. The Hall–Kier alpha value is -1.13. The molecule has 1 aromatic heterocycles. The minimum atomic E-state index is 0.719. The lowest BCUT2D eigenvalue weighted by atomic mass is 10.2. The highest BCUT2D eigenvalue weighted by Gasteiger charge is 2.05. The number of aryl methyl sites for hydroxylation is 2. The Bertz CT molecular complexity index is 537. The van der Waals surface area contributed by atoms with Crippen LogP contribution in [0.4, 0.5) is 5.69 Å². The van der Waals surface area contributed by atoms with E-state index in [0.29, 0.717) is 0 Å². The van der Waals surface area contributed by atoms with E-state index < -0.39 is 0 Å². The highest BCUT2D eigenvalue weighted by molar-refractivity contribution is 7.98. The summed E-state index contributed by atoms with van der Waals surface area (Å²) in [6, 6.07) is 7.62. The molecule has 0 saturated heterocycles. The van der Waals surface area contributed by atoms with E-state index >= 15 is 0 Å². The third-order valence-corrected chi connectivity index (χ3v) is 3.81. The Labute approximate surface area is 110 Å². The molecule has 0 aliphatic heterocycles. The van der Waals surface area contributed by atoms with Crippen LogP contribution >= 0.6 is 23.4 Å². The molecular weight excluding hydrogens is 254 g/mol. The van der Waals surface area contributed by atoms with Crippen LogP contribution in [0, 0.1) is 6.92 Å². The third-order valence-electron chi connectivity index (χ3n) is 2.44. The maximum absolute atomic E-state index is 5.95. The molecule has 17 heavy (non-hydrogen) atoms. The third kappa shape index (κ3) is 2.96. The molecule has 5 heteroatoms. The molecule has 3 nitrogen and oxygen atoms in total. The maximum Gasteiger partial charge on any atom is 0.0942 e.